The van der Waals surface area contributed by atoms with Crippen LogP contribution in [0.1, 0.15) is 5.56 Å². The van der Waals surface area contributed by atoms with Gasteiger partial charge in [-0.05, 0) is 42.0 Å². The number of nitrogens with one attached hydrogen (secondary N) is 1. The van der Waals surface area contributed by atoms with Gasteiger partial charge < -0.3 is 5.32 Å². The molecule has 140 valence electrons. The molecule has 6 nitrogen and oxygen atoms in total. The van der Waals surface area contributed by atoms with Crippen molar-refractivity contribution in [3.63, 3.8) is 0 Å². The fourth-order valence-corrected chi connectivity index (χ4v) is 3.59. The highest BCUT2D eigenvalue weighted by atomic mass is 35.5. The number of hydrogen-bond donors (Lipinski definition) is 1. The molecule has 0 amide bonds. The zero-order valence-corrected chi connectivity index (χ0v) is 16.3. The molecule has 0 saturated heterocycles. The van der Waals surface area contributed by atoms with E-state index in [9.17, 15) is 4.79 Å². The van der Waals surface area contributed by atoms with Crippen molar-refractivity contribution in [3.8, 4) is 0 Å². The second-order valence-corrected chi connectivity index (χ2v) is 7.30. The quantitative estimate of drug-likeness (QED) is 0.477. The first-order chi connectivity index (χ1) is 13.7. The fourth-order valence-electron chi connectivity index (χ4n) is 2.58. The molecule has 8 heteroatoms. The number of para-hydroxylation sites is 1. The maximum absolute atomic E-state index is 13.1. The molecule has 0 atom stereocenters. The average molecular weight is 410 g/mol. The van der Waals surface area contributed by atoms with Gasteiger partial charge in [-0.2, -0.15) is 4.68 Å². The molecule has 0 unspecified atom stereocenters. The third kappa shape index (κ3) is 4.11. The molecule has 0 aliphatic carbocycles. The molecular weight excluding hydrogens is 394 g/mol. The van der Waals surface area contributed by atoms with Gasteiger partial charge in [-0.15, -0.1) is 10.2 Å². The van der Waals surface area contributed by atoms with Crippen LogP contribution < -0.4 is 10.9 Å². The predicted molar refractivity (Wildman–Crippen MR) is 112 cm³/mol. The molecular formula is C20H16ClN5OS. The van der Waals surface area contributed by atoms with Crippen molar-refractivity contribution in [2.24, 2.45) is 0 Å². The number of nitrogens with zero attached hydrogens (tertiary/aromatic N) is 4. The Balaban J connectivity index is 1.67. The third-order valence-electron chi connectivity index (χ3n) is 3.95. The molecule has 0 aliphatic rings. The number of rotatable bonds is 6. The van der Waals surface area contributed by atoms with E-state index in [0.29, 0.717) is 15.9 Å². The summed E-state index contributed by atoms with van der Waals surface area (Å²) in [6.07, 6.45) is 3.59. The minimum atomic E-state index is -0.284. The summed E-state index contributed by atoms with van der Waals surface area (Å²) in [6, 6.07) is 20.7. The van der Waals surface area contributed by atoms with Crippen LogP contribution in [-0.2, 0) is 5.75 Å². The average Bonchev–Trinajstić information content (AvgIpc) is 3.24. The first-order valence-electron chi connectivity index (χ1n) is 8.53. The minimum absolute atomic E-state index is 0.163. The summed E-state index contributed by atoms with van der Waals surface area (Å²) in [5, 5.41) is 12.6. The van der Waals surface area contributed by atoms with Crippen molar-refractivity contribution in [1.29, 1.82) is 0 Å². The van der Waals surface area contributed by atoms with Gasteiger partial charge in [0.05, 0.1) is 0 Å². The Labute approximate surface area is 170 Å². The largest absolute Gasteiger partial charge is 0.334 e. The molecule has 0 fully saturated rings. The van der Waals surface area contributed by atoms with Crippen LogP contribution in [0.15, 0.2) is 89.1 Å². The van der Waals surface area contributed by atoms with Crippen LogP contribution in [0.5, 0.6) is 0 Å². The second kappa shape index (κ2) is 8.33. The van der Waals surface area contributed by atoms with Gasteiger partial charge in [-0.3, -0.25) is 9.47 Å². The first-order valence-corrected chi connectivity index (χ1v) is 9.90. The summed E-state index contributed by atoms with van der Waals surface area (Å²) < 4.78 is 3.19. The Morgan fingerprint density at radius 1 is 0.929 bits per heavy atom. The van der Waals surface area contributed by atoms with Crippen molar-refractivity contribution in [1.82, 2.24) is 19.5 Å². The van der Waals surface area contributed by atoms with Crippen LogP contribution in [0, 0.1) is 0 Å². The molecule has 4 rings (SSSR count). The van der Waals surface area contributed by atoms with Crippen LogP contribution in [-0.4, -0.2) is 19.5 Å². The van der Waals surface area contributed by atoms with Gasteiger partial charge in [0.2, 0.25) is 11.0 Å². The molecule has 0 saturated carbocycles. The molecule has 0 aliphatic heterocycles. The number of aromatic nitrogens is 4. The number of halogens is 1. The molecule has 4 aromatic rings. The van der Waals surface area contributed by atoms with E-state index in [0.717, 1.165) is 11.3 Å². The summed E-state index contributed by atoms with van der Waals surface area (Å²) in [6.45, 7) is 0. The molecule has 2 aromatic carbocycles. The monoisotopic (exact) mass is 409 g/mol. The van der Waals surface area contributed by atoms with E-state index >= 15 is 0 Å². The van der Waals surface area contributed by atoms with Gasteiger partial charge >= 0.3 is 5.56 Å². The molecule has 1 N–H and O–H groups in total. The van der Waals surface area contributed by atoms with E-state index in [2.05, 4.69) is 15.5 Å². The summed E-state index contributed by atoms with van der Waals surface area (Å²) in [5.74, 6) is 0.800. The second-order valence-electron chi connectivity index (χ2n) is 5.92. The maximum atomic E-state index is 13.1. The topological polar surface area (TPSA) is 64.7 Å². The third-order valence-corrected chi connectivity index (χ3v) is 5.19. The van der Waals surface area contributed by atoms with Crippen molar-refractivity contribution < 1.29 is 0 Å². The van der Waals surface area contributed by atoms with E-state index in [1.165, 1.54) is 16.4 Å². The lowest BCUT2D eigenvalue weighted by Gasteiger charge is -2.13. The fraction of sp³-hybridized carbons (Fsp3) is 0.0500. The van der Waals surface area contributed by atoms with Gasteiger partial charge in [0.15, 0.2) is 0 Å². The van der Waals surface area contributed by atoms with E-state index in [4.69, 9.17) is 11.6 Å². The Bertz CT molecular complexity index is 1110. The number of hydrogen-bond acceptors (Lipinski definition) is 5. The van der Waals surface area contributed by atoms with Gasteiger partial charge in [-0.25, -0.2) is 0 Å². The highest BCUT2D eigenvalue weighted by Crippen LogP contribution is 2.22. The zero-order chi connectivity index (χ0) is 19.3. The van der Waals surface area contributed by atoms with E-state index in [1.54, 1.807) is 17.1 Å². The maximum Gasteiger partial charge on any atom is 0.316 e. The normalized spacial score (nSPS) is 10.8. The number of anilines is 2. The highest BCUT2D eigenvalue weighted by Gasteiger charge is 2.14. The van der Waals surface area contributed by atoms with E-state index < -0.39 is 0 Å². The number of thioether (sulfide) groups is 1. The van der Waals surface area contributed by atoms with Crippen molar-refractivity contribution in [2.75, 3.05) is 5.32 Å². The van der Waals surface area contributed by atoms with E-state index in [-0.39, 0.29) is 11.4 Å². The summed E-state index contributed by atoms with van der Waals surface area (Å²) >= 11 is 7.37. The van der Waals surface area contributed by atoms with Crippen LogP contribution in [0.4, 0.5) is 11.5 Å². The standard InChI is InChI=1S/C20H16ClN5OS/c21-16-10-8-15(9-11-16)14-28-20-24-23-18(22-17-6-2-1-3-7-17)19(27)26(20)25-12-4-5-13-25/h1-13H,14H2,(H,22,23). The summed E-state index contributed by atoms with van der Waals surface area (Å²) in [4.78, 5) is 13.1. The summed E-state index contributed by atoms with van der Waals surface area (Å²) in [5.41, 5.74) is 1.57. The van der Waals surface area contributed by atoms with Gasteiger partial charge in [-0.1, -0.05) is 53.7 Å². The Morgan fingerprint density at radius 3 is 2.36 bits per heavy atom. The molecule has 2 heterocycles. The van der Waals surface area contributed by atoms with Crippen molar-refractivity contribution >= 4 is 34.9 Å². The Hall–Kier alpha value is -3.03. The molecule has 28 heavy (non-hydrogen) atoms. The van der Waals surface area contributed by atoms with Gasteiger partial charge in [0, 0.05) is 28.9 Å². The van der Waals surface area contributed by atoms with Gasteiger partial charge in [0.1, 0.15) is 0 Å². The lowest BCUT2D eigenvalue weighted by molar-refractivity contribution is 0.533. The van der Waals surface area contributed by atoms with Gasteiger partial charge in [0.25, 0.3) is 0 Å². The Morgan fingerprint density at radius 2 is 1.64 bits per heavy atom. The Kier molecular flexibility index (Phi) is 5.45. The summed E-state index contributed by atoms with van der Waals surface area (Å²) in [7, 11) is 0. The van der Waals surface area contributed by atoms with Crippen molar-refractivity contribution in [2.45, 2.75) is 10.9 Å². The van der Waals surface area contributed by atoms with E-state index in [1.807, 2.05) is 66.7 Å². The SMILES string of the molecule is O=c1c(Nc2ccccc2)nnc(SCc2ccc(Cl)cc2)n1-n1cccc1. The smallest absolute Gasteiger partial charge is 0.316 e. The number of benzene rings is 2. The van der Waals surface area contributed by atoms with Crippen LogP contribution in [0.2, 0.25) is 5.02 Å². The van der Waals surface area contributed by atoms with Crippen molar-refractivity contribution in [3.05, 3.63) is 100 Å². The molecule has 0 bridgehead atoms. The predicted octanol–water partition coefficient (Wildman–Crippen LogP) is 4.44. The zero-order valence-electron chi connectivity index (χ0n) is 14.7. The van der Waals surface area contributed by atoms with Crippen LogP contribution >= 0.6 is 23.4 Å². The van der Waals surface area contributed by atoms with Crippen LogP contribution in [0.25, 0.3) is 0 Å². The molecule has 0 spiro atoms. The highest BCUT2D eigenvalue weighted by molar-refractivity contribution is 7.98. The van der Waals surface area contributed by atoms with Crippen LogP contribution in [0.3, 0.4) is 0 Å². The molecule has 2 aromatic heterocycles. The lowest BCUT2D eigenvalue weighted by atomic mass is 10.2. The minimum Gasteiger partial charge on any atom is -0.334 e. The lowest BCUT2D eigenvalue weighted by Crippen LogP contribution is -2.30. The first kappa shape index (κ1) is 18.3. The molecule has 0 radical (unpaired) electrons.